The van der Waals surface area contributed by atoms with Crippen molar-refractivity contribution in [3.05, 3.63) is 0 Å². The molecule has 1 atom stereocenters. The molecular formula is C9H17F3N2. The lowest BCUT2D eigenvalue weighted by atomic mass is 10.1. The van der Waals surface area contributed by atoms with E-state index in [1.807, 2.05) is 0 Å². The molecule has 0 aromatic heterocycles. The number of nitrogens with one attached hydrogen (secondary N) is 2. The fraction of sp³-hybridized carbons (Fsp3) is 1.00. The van der Waals surface area contributed by atoms with Crippen molar-refractivity contribution in [3.63, 3.8) is 0 Å². The summed E-state index contributed by atoms with van der Waals surface area (Å²) in [6.45, 7) is 1.94. The van der Waals surface area contributed by atoms with E-state index in [0.29, 0.717) is 0 Å². The van der Waals surface area contributed by atoms with E-state index in [9.17, 15) is 13.2 Å². The Balaban J connectivity index is 2.10. The van der Waals surface area contributed by atoms with Crippen LogP contribution in [-0.2, 0) is 0 Å². The number of halogens is 3. The monoisotopic (exact) mass is 210 g/mol. The minimum atomic E-state index is -4.03. The molecule has 2 N–H and O–H groups in total. The summed E-state index contributed by atoms with van der Waals surface area (Å²) in [4.78, 5) is 0. The highest BCUT2D eigenvalue weighted by Crippen LogP contribution is 2.18. The first-order valence-corrected chi connectivity index (χ1v) is 5.09. The lowest BCUT2D eigenvalue weighted by Gasteiger charge is -2.16. The van der Waals surface area contributed by atoms with E-state index < -0.39 is 12.6 Å². The molecule has 0 amide bonds. The van der Waals surface area contributed by atoms with Gasteiger partial charge in [0.25, 0.3) is 0 Å². The highest BCUT2D eigenvalue weighted by atomic mass is 19.4. The highest BCUT2D eigenvalue weighted by Gasteiger charge is 2.26. The van der Waals surface area contributed by atoms with Gasteiger partial charge in [-0.2, -0.15) is 13.2 Å². The molecule has 0 aromatic carbocycles. The van der Waals surface area contributed by atoms with Crippen LogP contribution in [0.4, 0.5) is 13.2 Å². The first-order valence-electron chi connectivity index (χ1n) is 5.09. The van der Waals surface area contributed by atoms with Gasteiger partial charge in [0.2, 0.25) is 0 Å². The molecule has 1 fully saturated rings. The van der Waals surface area contributed by atoms with Crippen LogP contribution in [0.3, 0.4) is 0 Å². The van der Waals surface area contributed by atoms with Gasteiger partial charge >= 0.3 is 6.18 Å². The zero-order chi connectivity index (χ0) is 10.4. The number of rotatable bonds is 3. The molecule has 0 aromatic rings. The average molecular weight is 210 g/mol. The standard InChI is InChI=1S/C9H17F3N2/c10-9(11,12)4-7-14-8-2-1-5-13-6-3-8/h8,13-14H,1-7H2. The van der Waals surface area contributed by atoms with Gasteiger partial charge in [-0.25, -0.2) is 0 Å². The van der Waals surface area contributed by atoms with Crippen LogP contribution in [0.1, 0.15) is 25.7 Å². The van der Waals surface area contributed by atoms with E-state index in [2.05, 4.69) is 10.6 Å². The third kappa shape index (κ3) is 5.44. The molecule has 1 unspecified atom stereocenters. The van der Waals surface area contributed by atoms with Crippen molar-refractivity contribution in [2.24, 2.45) is 0 Å². The molecule has 1 saturated heterocycles. The molecule has 0 aliphatic carbocycles. The van der Waals surface area contributed by atoms with Gasteiger partial charge in [0.1, 0.15) is 0 Å². The Labute approximate surface area is 82.2 Å². The topological polar surface area (TPSA) is 24.1 Å². The SMILES string of the molecule is FC(F)(F)CCNC1CCCNCC1. The van der Waals surface area contributed by atoms with Crippen LogP contribution in [-0.4, -0.2) is 31.9 Å². The molecule has 1 aliphatic rings. The van der Waals surface area contributed by atoms with Crippen molar-refractivity contribution in [1.82, 2.24) is 10.6 Å². The van der Waals surface area contributed by atoms with E-state index in [-0.39, 0.29) is 12.6 Å². The van der Waals surface area contributed by atoms with E-state index in [1.54, 1.807) is 0 Å². The van der Waals surface area contributed by atoms with Crippen LogP contribution in [0, 0.1) is 0 Å². The summed E-state index contributed by atoms with van der Waals surface area (Å²) in [7, 11) is 0. The minimum absolute atomic E-state index is 0.0498. The smallest absolute Gasteiger partial charge is 0.317 e. The van der Waals surface area contributed by atoms with Gasteiger partial charge in [0, 0.05) is 12.6 Å². The van der Waals surface area contributed by atoms with E-state index in [4.69, 9.17) is 0 Å². The summed E-state index contributed by atoms with van der Waals surface area (Å²) in [6, 6.07) is 0.257. The molecule has 0 radical (unpaired) electrons. The Morgan fingerprint density at radius 2 is 2.00 bits per heavy atom. The summed E-state index contributed by atoms with van der Waals surface area (Å²) < 4.78 is 35.5. The van der Waals surface area contributed by atoms with Crippen molar-refractivity contribution in [2.75, 3.05) is 19.6 Å². The zero-order valence-corrected chi connectivity index (χ0v) is 8.16. The predicted molar refractivity (Wildman–Crippen MR) is 49.2 cm³/mol. The predicted octanol–water partition coefficient (Wildman–Crippen LogP) is 1.67. The molecule has 0 spiro atoms. The Bertz CT molecular complexity index is 151. The van der Waals surface area contributed by atoms with E-state index >= 15 is 0 Å². The summed E-state index contributed by atoms with van der Waals surface area (Å²) >= 11 is 0. The van der Waals surface area contributed by atoms with Crippen LogP contribution < -0.4 is 10.6 Å². The van der Waals surface area contributed by atoms with Gasteiger partial charge in [0.15, 0.2) is 0 Å². The van der Waals surface area contributed by atoms with Crippen molar-refractivity contribution < 1.29 is 13.2 Å². The van der Waals surface area contributed by atoms with Crippen molar-refractivity contribution >= 4 is 0 Å². The second-order valence-corrected chi connectivity index (χ2v) is 3.70. The summed E-state index contributed by atoms with van der Waals surface area (Å²) in [5.74, 6) is 0. The van der Waals surface area contributed by atoms with Crippen LogP contribution in [0.5, 0.6) is 0 Å². The normalized spacial score (nSPS) is 24.6. The number of hydrogen-bond donors (Lipinski definition) is 2. The molecule has 0 saturated carbocycles. The number of alkyl halides is 3. The molecule has 0 bridgehead atoms. The molecule has 1 aliphatic heterocycles. The molecule has 84 valence electrons. The second kappa shape index (κ2) is 5.56. The van der Waals surface area contributed by atoms with Crippen molar-refractivity contribution in [3.8, 4) is 0 Å². The van der Waals surface area contributed by atoms with Crippen molar-refractivity contribution in [1.29, 1.82) is 0 Å². The van der Waals surface area contributed by atoms with Crippen molar-refractivity contribution in [2.45, 2.75) is 37.9 Å². The van der Waals surface area contributed by atoms with Crippen LogP contribution in [0.15, 0.2) is 0 Å². The lowest BCUT2D eigenvalue weighted by Crippen LogP contribution is -2.32. The molecule has 5 heteroatoms. The van der Waals surface area contributed by atoms with Gasteiger partial charge in [-0.15, -0.1) is 0 Å². The third-order valence-electron chi connectivity index (χ3n) is 2.42. The molecule has 14 heavy (non-hydrogen) atoms. The third-order valence-corrected chi connectivity index (χ3v) is 2.42. The number of hydrogen-bond acceptors (Lipinski definition) is 2. The fourth-order valence-corrected chi connectivity index (χ4v) is 1.64. The maximum absolute atomic E-state index is 11.8. The molecule has 2 nitrogen and oxygen atoms in total. The second-order valence-electron chi connectivity index (χ2n) is 3.70. The Kier molecular flexibility index (Phi) is 4.68. The Morgan fingerprint density at radius 1 is 1.21 bits per heavy atom. The average Bonchev–Trinajstić information content (AvgIpc) is 2.30. The van der Waals surface area contributed by atoms with Gasteiger partial charge in [-0.05, 0) is 32.4 Å². The van der Waals surface area contributed by atoms with Crippen LogP contribution >= 0.6 is 0 Å². The molecule has 1 rings (SSSR count). The van der Waals surface area contributed by atoms with E-state index in [1.165, 1.54) is 0 Å². The van der Waals surface area contributed by atoms with Crippen LogP contribution in [0.2, 0.25) is 0 Å². The molecular weight excluding hydrogens is 193 g/mol. The maximum atomic E-state index is 11.8. The fourth-order valence-electron chi connectivity index (χ4n) is 1.64. The van der Waals surface area contributed by atoms with Crippen LogP contribution in [0.25, 0.3) is 0 Å². The van der Waals surface area contributed by atoms with Gasteiger partial charge in [0.05, 0.1) is 6.42 Å². The van der Waals surface area contributed by atoms with Gasteiger partial charge in [-0.1, -0.05) is 0 Å². The Hall–Kier alpha value is -0.290. The first kappa shape index (κ1) is 11.8. The summed E-state index contributed by atoms with van der Waals surface area (Å²) in [6.07, 6.45) is -1.81. The first-order chi connectivity index (χ1) is 6.58. The summed E-state index contributed by atoms with van der Waals surface area (Å²) in [5, 5.41) is 6.18. The van der Waals surface area contributed by atoms with Gasteiger partial charge in [-0.3, -0.25) is 0 Å². The lowest BCUT2D eigenvalue weighted by molar-refractivity contribution is -0.133. The highest BCUT2D eigenvalue weighted by molar-refractivity contribution is 4.72. The Morgan fingerprint density at radius 3 is 2.71 bits per heavy atom. The minimum Gasteiger partial charge on any atom is -0.317 e. The summed E-state index contributed by atoms with van der Waals surface area (Å²) in [5.41, 5.74) is 0. The van der Waals surface area contributed by atoms with E-state index in [0.717, 1.165) is 32.4 Å². The molecule has 1 heterocycles. The zero-order valence-electron chi connectivity index (χ0n) is 8.16. The van der Waals surface area contributed by atoms with Gasteiger partial charge < -0.3 is 10.6 Å². The maximum Gasteiger partial charge on any atom is 0.390 e. The quantitative estimate of drug-likeness (QED) is 0.740. The largest absolute Gasteiger partial charge is 0.390 e.